The van der Waals surface area contributed by atoms with E-state index in [0.717, 1.165) is 24.6 Å². The summed E-state index contributed by atoms with van der Waals surface area (Å²) in [5.74, 6) is 2.64. The topological polar surface area (TPSA) is 30.7 Å². The van der Waals surface area contributed by atoms with E-state index in [1.165, 1.54) is 11.1 Å². The lowest BCUT2D eigenvalue weighted by molar-refractivity contribution is 0.631. The molecule has 1 aliphatic rings. The lowest BCUT2D eigenvalue weighted by Crippen LogP contribution is -2.16. The Hall–Kier alpha value is -1.64. The van der Waals surface area contributed by atoms with Crippen LogP contribution >= 0.6 is 0 Å². The third-order valence-corrected chi connectivity index (χ3v) is 3.17. The van der Waals surface area contributed by atoms with Crippen molar-refractivity contribution in [1.82, 2.24) is 14.8 Å². The predicted octanol–water partition coefficient (Wildman–Crippen LogP) is 2.35. The van der Waals surface area contributed by atoms with E-state index in [9.17, 15) is 0 Å². The molecule has 0 saturated carbocycles. The highest BCUT2D eigenvalue weighted by Gasteiger charge is 2.20. The summed E-state index contributed by atoms with van der Waals surface area (Å²) in [5, 5.41) is 8.58. The monoisotopic (exact) mass is 213 g/mol. The number of benzene rings is 1. The Bertz CT molecular complexity index is 526. The van der Waals surface area contributed by atoms with Gasteiger partial charge in [-0.2, -0.15) is 0 Å². The summed E-state index contributed by atoms with van der Waals surface area (Å²) in [6.07, 6.45) is 0.913. The molecule has 0 saturated heterocycles. The summed E-state index contributed by atoms with van der Waals surface area (Å²) in [6, 6.07) is 8.57. The Balaban J connectivity index is 2.07. The number of hydrogen-bond acceptors (Lipinski definition) is 2. The van der Waals surface area contributed by atoms with Gasteiger partial charge in [0.05, 0.1) is 6.54 Å². The molecule has 0 N–H and O–H groups in total. The van der Waals surface area contributed by atoms with Crippen molar-refractivity contribution < 1.29 is 0 Å². The maximum Gasteiger partial charge on any atom is 0.137 e. The van der Waals surface area contributed by atoms with E-state index in [4.69, 9.17) is 0 Å². The van der Waals surface area contributed by atoms with Crippen molar-refractivity contribution in [3.05, 3.63) is 47.0 Å². The molecule has 0 spiro atoms. The van der Waals surface area contributed by atoms with Crippen LogP contribution in [0.25, 0.3) is 0 Å². The van der Waals surface area contributed by atoms with E-state index < -0.39 is 0 Å². The summed E-state index contributed by atoms with van der Waals surface area (Å²) in [6.45, 7) is 5.25. The molecule has 0 aliphatic carbocycles. The van der Waals surface area contributed by atoms with Crippen molar-refractivity contribution in [1.29, 1.82) is 0 Å². The van der Waals surface area contributed by atoms with E-state index >= 15 is 0 Å². The van der Waals surface area contributed by atoms with Gasteiger partial charge in [0.2, 0.25) is 0 Å². The molecule has 0 fully saturated rings. The van der Waals surface area contributed by atoms with Crippen LogP contribution in [0.1, 0.15) is 42.5 Å². The average molecular weight is 213 g/mol. The second-order valence-corrected chi connectivity index (χ2v) is 4.66. The molecule has 0 bridgehead atoms. The molecule has 3 rings (SSSR count). The van der Waals surface area contributed by atoms with E-state index in [1.54, 1.807) is 0 Å². The zero-order valence-electron chi connectivity index (χ0n) is 9.64. The molecular formula is C13H15N3. The van der Waals surface area contributed by atoms with Gasteiger partial charge in [0.1, 0.15) is 11.6 Å². The summed E-state index contributed by atoms with van der Waals surface area (Å²) in [5.41, 5.74) is 2.79. The minimum absolute atomic E-state index is 0.437. The standard InChI is InChI=1S/C13H15N3/c1-9(2)13-15-14-12-7-10-5-3-4-6-11(10)8-16(12)13/h3-6,9H,7-8H2,1-2H3. The lowest BCUT2D eigenvalue weighted by Gasteiger charge is -2.19. The van der Waals surface area contributed by atoms with Crippen molar-refractivity contribution in [2.45, 2.75) is 32.7 Å². The number of hydrogen-bond donors (Lipinski definition) is 0. The normalized spacial score (nSPS) is 13.7. The molecule has 0 amide bonds. The van der Waals surface area contributed by atoms with Crippen LogP contribution in [0.5, 0.6) is 0 Å². The summed E-state index contributed by atoms with van der Waals surface area (Å²) >= 11 is 0. The third-order valence-electron chi connectivity index (χ3n) is 3.17. The SMILES string of the molecule is CC(C)c1nnc2n1Cc1ccccc1C2. The van der Waals surface area contributed by atoms with E-state index in [1.807, 2.05) is 0 Å². The summed E-state index contributed by atoms with van der Waals surface area (Å²) in [7, 11) is 0. The van der Waals surface area contributed by atoms with Gasteiger partial charge in [-0.3, -0.25) is 0 Å². The molecule has 2 heterocycles. The molecule has 82 valence electrons. The van der Waals surface area contributed by atoms with E-state index in [0.29, 0.717) is 5.92 Å². The lowest BCUT2D eigenvalue weighted by atomic mass is 10.0. The average Bonchev–Trinajstić information content (AvgIpc) is 2.68. The van der Waals surface area contributed by atoms with Crippen LogP contribution in [0, 0.1) is 0 Å². The molecule has 1 aliphatic heterocycles. The largest absolute Gasteiger partial charge is 0.310 e. The van der Waals surface area contributed by atoms with Gasteiger partial charge in [0.15, 0.2) is 0 Å². The number of rotatable bonds is 1. The van der Waals surface area contributed by atoms with Crippen LogP contribution < -0.4 is 0 Å². The fourth-order valence-corrected chi connectivity index (χ4v) is 2.30. The van der Waals surface area contributed by atoms with Crippen LogP contribution in [0.15, 0.2) is 24.3 Å². The Labute approximate surface area is 95.1 Å². The molecule has 0 radical (unpaired) electrons. The van der Waals surface area contributed by atoms with Crippen LogP contribution in [0.2, 0.25) is 0 Å². The molecule has 2 aromatic rings. The van der Waals surface area contributed by atoms with Crippen molar-refractivity contribution >= 4 is 0 Å². The fraction of sp³-hybridized carbons (Fsp3) is 0.385. The second kappa shape index (κ2) is 3.44. The Morgan fingerprint density at radius 2 is 1.88 bits per heavy atom. The molecule has 1 aromatic heterocycles. The Kier molecular flexibility index (Phi) is 2.06. The van der Waals surface area contributed by atoms with Gasteiger partial charge in [0.25, 0.3) is 0 Å². The first-order valence-corrected chi connectivity index (χ1v) is 5.74. The first-order chi connectivity index (χ1) is 7.75. The Morgan fingerprint density at radius 1 is 1.12 bits per heavy atom. The van der Waals surface area contributed by atoms with E-state index in [2.05, 4.69) is 52.9 Å². The van der Waals surface area contributed by atoms with Gasteiger partial charge in [0, 0.05) is 12.3 Å². The molecular weight excluding hydrogens is 198 g/mol. The van der Waals surface area contributed by atoms with Crippen LogP contribution in [-0.2, 0) is 13.0 Å². The van der Waals surface area contributed by atoms with E-state index in [-0.39, 0.29) is 0 Å². The highest BCUT2D eigenvalue weighted by Crippen LogP contribution is 2.24. The van der Waals surface area contributed by atoms with Crippen LogP contribution in [0.3, 0.4) is 0 Å². The highest BCUT2D eigenvalue weighted by atomic mass is 15.3. The number of nitrogens with zero attached hydrogens (tertiary/aromatic N) is 3. The number of aromatic nitrogens is 3. The zero-order valence-corrected chi connectivity index (χ0v) is 9.64. The van der Waals surface area contributed by atoms with Gasteiger partial charge in [-0.25, -0.2) is 0 Å². The van der Waals surface area contributed by atoms with Crippen molar-refractivity contribution in [2.24, 2.45) is 0 Å². The highest BCUT2D eigenvalue weighted by molar-refractivity contribution is 5.33. The van der Waals surface area contributed by atoms with Crippen molar-refractivity contribution in [2.75, 3.05) is 0 Å². The maximum atomic E-state index is 4.29. The third kappa shape index (κ3) is 1.35. The van der Waals surface area contributed by atoms with Gasteiger partial charge in [-0.15, -0.1) is 10.2 Å². The van der Waals surface area contributed by atoms with Crippen LogP contribution in [-0.4, -0.2) is 14.8 Å². The predicted molar refractivity (Wildman–Crippen MR) is 62.5 cm³/mol. The number of fused-ring (bicyclic) bond motifs is 2. The first kappa shape index (κ1) is 9.58. The minimum atomic E-state index is 0.437. The van der Waals surface area contributed by atoms with Gasteiger partial charge in [-0.1, -0.05) is 38.1 Å². The molecule has 3 nitrogen and oxygen atoms in total. The van der Waals surface area contributed by atoms with Crippen molar-refractivity contribution in [3.63, 3.8) is 0 Å². The molecule has 1 aromatic carbocycles. The van der Waals surface area contributed by atoms with Crippen molar-refractivity contribution in [3.8, 4) is 0 Å². The molecule has 0 unspecified atom stereocenters. The van der Waals surface area contributed by atoms with Gasteiger partial charge in [-0.05, 0) is 11.1 Å². The first-order valence-electron chi connectivity index (χ1n) is 5.74. The molecule has 0 atom stereocenters. The van der Waals surface area contributed by atoms with Gasteiger partial charge >= 0.3 is 0 Å². The van der Waals surface area contributed by atoms with Crippen LogP contribution in [0.4, 0.5) is 0 Å². The zero-order chi connectivity index (χ0) is 11.1. The summed E-state index contributed by atoms with van der Waals surface area (Å²) < 4.78 is 2.26. The second-order valence-electron chi connectivity index (χ2n) is 4.66. The molecule has 16 heavy (non-hydrogen) atoms. The van der Waals surface area contributed by atoms with Gasteiger partial charge < -0.3 is 4.57 Å². The molecule has 3 heteroatoms. The summed E-state index contributed by atoms with van der Waals surface area (Å²) in [4.78, 5) is 0. The smallest absolute Gasteiger partial charge is 0.137 e. The minimum Gasteiger partial charge on any atom is -0.310 e. The maximum absolute atomic E-state index is 4.29. The Morgan fingerprint density at radius 3 is 2.62 bits per heavy atom. The quantitative estimate of drug-likeness (QED) is 0.621. The fourth-order valence-electron chi connectivity index (χ4n) is 2.30.